The number of benzene rings is 4. The molecule has 44 heavy (non-hydrogen) atoms. The van der Waals surface area contributed by atoms with Gasteiger partial charge in [0.1, 0.15) is 11.2 Å². The van der Waals surface area contributed by atoms with Crippen LogP contribution in [0, 0.1) is 0 Å². The van der Waals surface area contributed by atoms with Crippen LogP contribution in [0.15, 0.2) is 122 Å². The largest absolute Gasteiger partial charge is 0.309 e. The Morgan fingerprint density at radius 2 is 1.32 bits per heavy atom. The summed E-state index contributed by atoms with van der Waals surface area (Å²) >= 11 is 0. The van der Waals surface area contributed by atoms with Crippen molar-refractivity contribution in [3.63, 3.8) is 0 Å². The van der Waals surface area contributed by atoms with Gasteiger partial charge in [0.2, 0.25) is 5.69 Å². The Morgan fingerprint density at radius 3 is 2.23 bits per heavy atom. The second-order valence-corrected chi connectivity index (χ2v) is 13.5. The lowest BCUT2D eigenvalue weighted by molar-refractivity contribution is -0.973. The number of rotatable bonds is 0. The standard InChI is InChI=1S/C40H32N4/c1-39(2)31-17-10-15-28-29-16-11-21-42-38(29)44(37(28)31)36-24-35-30(23-32(36)39)27-14-5-6-19-34(27)43(35)26-13-9-12-25(22-26)33-18-7-8-20-41(33)40(42,3)4/h5-24H,1-4H3/q+2. The molecule has 0 amide bonds. The van der Waals surface area contributed by atoms with E-state index in [1.165, 1.54) is 77.5 Å². The number of pyridine rings is 2. The highest BCUT2D eigenvalue weighted by Gasteiger charge is 2.45. The van der Waals surface area contributed by atoms with Gasteiger partial charge in [0.15, 0.2) is 6.20 Å². The monoisotopic (exact) mass is 568 g/mol. The predicted octanol–water partition coefficient (Wildman–Crippen LogP) is 8.32. The van der Waals surface area contributed by atoms with Crippen LogP contribution in [0.1, 0.15) is 38.8 Å². The average molecular weight is 569 g/mol. The SMILES string of the molecule is CC1(C)c2cc3c4ccccc4n4c3cc2-n2c3c1cccc3c1ccc[n+](c12)C(C)(C)[n+]1ccccc1-c1cccc-4c1. The lowest BCUT2D eigenvalue weighted by Gasteiger charge is -2.32. The van der Waals surface area contributed by atoms with Crippen LogP contribution in [0.4, 0.5) is 0 Å². The molecule has 2 aliphatic rings. The third-order valence-corrected chi connectivity index (χ3v) is 10.5. The molecule has 0 saturated carbocycles. The minimum atomic E-state index is -0.423. The number of hydrogen-bond acceptors (Lipinski definition) is 0. The Hall–Kier alpha value is -5.22. The fourth-order valence-electron chi connectivity index (χ4n) is 8.42. The minimum absolute atomic E-state index is 0.174. The highest BCUT2D eigenvalue weighted by molar-refractivity contribution is 6.13. The molecule has 0 spiro atoms. The van der Waals surface area contributed by atoms with Crippen molar-refractivity contribution in [2.24, 2.45) is 0 Å². The third kappa shape index (κ3) is 2.75. The van der Waals surface area contributed by atoms with Crippen LogP contribution >= 0.6 is 0 Å². The Balaban J connectivity index is 1.53. The van der Waals surface area contributed by atoms with Gasteiger partial charge in [0.05, 0.1) is 22.6 Å². The first-order chi connectivity index (χ1) is 21.4. The Morgan fingerprint density at radius 1 is 0.545 bits per heavy atom. The maximum atomic E-state index is 2.57. The zero-order valence-corrected chi connectivity index (χ0v) is 25.3. The van der Waals surface area contributed by atoms with Crippen molar-refractivity contribution in [3.05, 3.63) is 133 Å². The van der Waals surface area contributed by atoms with E-state index in [2.05, 4.69) is 168 Å². The first-order valence-electron chi connectivity index (χ1n) is 15.5. The Kier molecular flexibility index (Phi) is 4.32. The molecule has 2 aliphatic heterocycles. The van der Waals surface area contributed by atoms with Gasteiger partial charge in [-0.3, -0.25) is 0 Å². The summed E-state index contributed by atoms with van der Waals surface area (Å²) in [5.74, 6) is 0. The third-order valence-electron chi connectivity index (χ3n) is 10.5. The van der Waals surface area contributed by atoms with Crippen LogP contribution in [-0.4, -0.2) is 9.13 Å². The van der Waals surface area contributed by atoms with E-state index in [1.807, 2.05) is 0 Å². The quantitative estimate of drug-likeness (QED) is 0.164. The summed E-state index contributed by atoms with van der Waals surface area (Å²) in [4.78, 5) is 0. The summed E-state index contributed by atoms with van der Waals surface area (Å²) in [6, 6.07) is 40.9. The average Bonchev–Trinajstić information content (AvgIpc) is 3.56. The number of hydrogen-bond donors (Lipinski definition) is 0. The molecule has 0 unspecified atom stereocenters. The molecule has 210 valence electrons. The number of aromatic nitrogens is 4. The zero-order valence-electron chi connectivity index (χ0n) is 25.3. The van der Waals surface area contributed by atoms with Gasteiger partial charge in [0.25, 0.3) is 0 Å². The van der Waals surface area contributed by atoms with Crippen LogP contribution in [0.5, 0.6) is 0 Å². The number of fused-ring (bicyclic) bond motifs is 9. The molecule has 4 aromatic heterocycles. The van der Waals surface area contributed by atoms with E-state index in [0.29, 0.717) is 0 Å². The lowest BCUT2D eigenvalue weighted by Crippen LogP contribution is -2.71. The Bertz CT molecular complexity index is 2560. The fourth-order valence-corrected chi connectivity index (χ4v) is 8.42. The Labute approximate surface area is 255 Å². The molecular weight excluding hydrogens is 536 g/mol. The zero-order chi connectivity index (χ0) is 29.5. The predicted molar refractivity (Wildman–Crippen MR) is 178 cm³/mol. The maximum absolute atomic E-state index is 2.57. The van der Waals surface area contributed by atoms with Crippen molar-refractivity contribution in [2.45, 2.75) is 38.8 Å². The van der Waals surface area contributed by atoms with Crippen molar-refractivity contribution in [1.82, 2.24) is 9.13 Å². The second kappa shape index (κ2) is 7.83. The van der Waals surface area contributed by atoms with Crippen molar-refractivity contribution >= 4 is 43.7 Å². The molecule has 10 rings (SSSR count). The van der Waals surface area contributed by atoms with E-state index in [0.717, 1.165) is 0 Å². The van der Waals surface area contributed by atoms with E-state index >= 15 is 0 Å². The summed E-state index contributed by atoms with van der Waals surface area (Å²) in [6.07, 6.45) is 4.49. The van der Waals surface area contributed by atoms with E-state index in [9.17, 15) is 0 Å². The topological polar surface area (TPSA) is 17.6 Å². The first kappa shape index (κ1) is 24.2. The maximum Gasteiger partial charge on any atom is 0.303 e. The molecule has 8 aromatic rings. The van der Waals surface area contributed by atoms with Crippen molar-refractivity contribution in [1.29, 1.82) is 0 Å². The fraction of sp³-hybridized carbons (Fsp3) is 0.150. The van der Waals surface area contributed by atoms with E-state index in [4.69, 9.17) is 0 Å². The van der Waals surface area contributed by atoms with Crippen molar-refractivity contribution in [3.8, 4) is 22.6 Å². The molecule has 4 heteroatoms. The van der Waals surface area contributed by atoms with Crippen molar-refractivity contribution in [2.75, 3.05) is 0 Å². The summed E-state index contributed by atoms with van der Waals surface area (Å²) in [5, 5.41) is 5.15. The molecule has 6 heterocycles. The van der Waals surface area contributed by atoms with Gasteiger partial charge in [-0.1, -0.05) is 50.2 Å². The smallest absolute Gasteiger partial charge is 0.303 e. The van der Waals surface area contributed by atoms with Gasteiger partial charge in [-0.15, -0.1) is 0 Å². The summed E-state index contributed by atoms with van der Waals surface area (Å²) < 4.78 is 9.96. The van der Waals surface area contributed by atoms with Crippen LogP contribution < -0.4 is 9.13 Å². The van der Waals surface area contributed by atoms with Gasteiger partial charge < -0.3 is 4.57 Å². The summed E-state index contributed by atoms with van der Waals surface area (Å²) in [7, 11) is 0. The van der Waals surface area contributed by atoms with Gasteiger partial charge in [-0.25, -0.2) is 0 Å². The van der Waals surface area contributed by atoms with Gasteiger partial charge in [0, 0.05) is 76.0 Å². The minimum Gasteiger partial charge on any atom is -0.309 e. The summed E-state index contributed by atoms with van der Waals surface area (Å²) in [5.41, 5.74) is 11.9. The molecular formula is C40H32N4+2. The molecule has 0 fully saturated rings. The lowest BCUT2D eigenvalue weighted by atomic mass is 9.74. The molecule has 0 N–H and O–H groups in total. The van der Waals surface area contributed by atoms with Crippen LogP contribution in [0.2, 0.25) is 0 Å². The van der Waals surface area contributed by atoms with E-state index < -0.39 is 5.66 Å². The highest BCUT2D eigenvalue weighted by Crippen LogP contribution is 2.49. The number of nitrogens with zero attached hydrogens (tertiary/aromatic N) is 4. The summed E-state index contributed by atoms with van der Waals surface area (Å²) in [6.45, 7) is 9.46. The van der Waals surface area contributed by atoms with Crippen molar-refractivity contribution < 1.29 is 9.13 Å². The second-order valence-electron chi connectivity index (χ2n) is 13.5. The molecule has 0 saturated heterocycles. The molecule has 4 nitrogen and oxygen atoms in total. The molecule has 0 radical (unpaired) electrons. The number of para-hydroxylation sites is 2. The first-order valence-corrected chi connectivity index (χ1v) is 15.5. The van der Waals surface area contributed by atoms with E-state index in [1.54, 1.807) is 0 Å². The highest BCUT2D eigenvalue weighted by atomic mass is 15.3. The normalized spacial score (nSPS) is 15.6. The van der Waals surface area contributed by atoms with Crippen LogP contribution in [0.25, 0.3) is 66.4 Å². The molecule has 0 aliphatic carbocycles. The van der Waals surface area contributed by atoms with Gasteiger partial charge in [-0.2, -0.15) is 13.7 Å². The van der Waals surface area contributed by atoms with Crippen LogP contribution in [0.3, 0.4) is 0 Å². The molecule has 4 aromatic carbocycles. The van der Waals surface area contributed by atoms with Crippen LogP contribution in [-0.2, 0) is 11.1 Å². The molecule has 4 bridgehead atoms. The van der Waals surface area contributed by atoms with E-state index in [-0.39, 0.29) is 5.41 Å². The van der Waals surface area contributed by atoms with Gasteiger partial charge >= 0.3 is 11.3 Å². The van der Waals surface area contributed by atoms with Gasteiger partial charge in [-0.05, 0) is 54.6 Å². The molecule has 0 atom stereocenters.